The number of nitrogens with one attached hydrogen (secondary N) is 1. The quantitative estimate of drug-likeness (QED) is 0.718. The maximum absolute atomic E-state index is 12.6. The van der Waals surface area contributed by atoms with Gasteiger partial charge in [-0.05, 0) is 48.6 Å². The van der Waals surface area contributed by atoms with Crippen LogP contribution in [0.1, 0.15) is 29.9 Å². The van der Waals surface area contributed by atoms with Crippen LogP contribution in [0.4, 0.5) is 13.2 Å². The third-order valence-electron chi connectivity index (χ3n) is 4.67. The Hall–Kier alpha value is -2.54. The molecule has 7 heteroatoms. The highest BCUT2D eigenvalue weighted by molar-refractivity contribution is 5.84. The number of ether oxygens (including phenoxy) is 1. The summed E-state index contributed by atoms with van der Waals surface area (Å²) in [4.78, 5) is 12.6. The number of carbonyl (C=O) groups is 1. The zero-order chi connectivity index (χ0) is 20.1. The van der Waals surface area contributed by atoms with Crippen molar-refractivity contribution < 1.29 is 27.8 Å². The van der Waals surface area contributed by atoms with Gasteiger partial charge in [-0.1, -0.05) is 30.3 Å². The Kier molecular flexibility index (Phi) is 6.24. The number of rotatable bonds is 8. The highest BCUT2D eigenvalue weighted by atomic mass is 19.4. The molecule has 2 atom stereocenters. The summed E-state index contributed by atoms with van der Waals surface area (Å²) in [5, 5.41) is 12.8. The van der Waals surface area contributed by atoms with Crippen LogP contribution in [0.25, 0.3) is 0 Å². The van der Waals surface area contributed by atoms with Gasteiger partial charge < -0.3 is 15.2 Å². The molecule has 2 aromatic carbocycles. The van der Waals surface area contributed by atoms with Gasteiger partial charge in [-0.3, -0.25) is 4.79 Å². The zero-order valence-corrected chi connectivity index (χ0v) is 15.2. The second-order valence-corrected chi connectivity index (χ2v) is 6.96. The lowest BCUT2D eigenvalue weighted by Crippen LogP contribution is -2.38. The van der Waals surface area contributed by atoms with Crippen molar-refractivity contribution in [3.63, 3.8) is 0 Å². The average Bonchev–Trinajstić information content (AvgIpc) is 3.50. The molecule has 28 heavy (non-hydrogen) atoms. The Balaban J connectivity index is 1.47. The molecule has 3 rings (SSSR count). The van der Waals surface area contributed by atoms with Gasteiger partial charge in [0.15, 0.2) is 0 Å². The largest absolute Gasteiger partial charge is 0.491 e. The molecule has 0 spiro atoms. The van der Waals surface area contributed by atoms with E-state index in [0.717, 1.165) is 30.5 Å². The summed E-state index contributed by atoms with van der Waals surface area (Å²) in [6, 6.07) is 13.8. The molecule has 2 unspecified atom stereocenters. The monoisotopic (exact) mass is 393 g/mol. The van der Waals surface area contributed by atoms with Crippen molar-refractivity contribution in [1.82, 2.24) is 5.32 Å². The third-order valence-corrected chi connectivity index (χ3v) is 4.67. The van der Waals surface area contributed by atoms with E-state index in [1.807, 2.05) is 30.3 Å². The Bertz CT molecular complexity index is 774. The van der Waals surface area contributed by atoms with Crippen LogP contribution in [-0.2, 0) is 11.0 Å². The lowest BCUT2D eigenvalue weighted by atomic mass is 9.93. The number of carbonyl (C=O) groups excluding carboxylic acids is 1. The van der Waals surface area contributed by atoms with Crippen molar-refractivity contribution in [2.24, 2.45) is 5.92 Å². The van der Waals surface area contributed by atoms with E-state index in [-0.39, 0.29) is 30.7 Å². The first-order valence-electron chi connectivity index (χ1n) is 9.15. The number of benzene rings is 2. The van der Waals surface area contributed by atoms with E-state index in [1.54, 1.807) is 0 Å². The summed E-state index contributed by atoms with van der Waals surface area (Å²) >= 11 is 0. The van der Waals surface area contributed by atoms with Crippen molar-refractivity contribution >= 4 is 5.91 Å². The molecule has 2 aromatic rings. The maximum Gasteiger partial charge on any atom is 0.416 e. The van der Waals surface area contributed by atoms with Gasteiger partial charge in [-0.25, -0.2) is 0 Å². The summed E-state index contributed by atoms with van der Waals surface area (Å²) in [5.41, 5.74) is 0.192. The molecule has 150 valence electrons. The second kappa shape index (κ2) is 8.65. The molecule has 2 N–H and O–H groups in total. The standard InChI is InChI=1S/C21H22F3NO3/c22-21(23,24)16-8-10-18(11-9-16)28-13-17(26)12-25-20(27)19(15-6-7-15)14-4-2-1-3-5-14/h1-5,8-11,15,17,19,26H,6-7,12-13H2,(H,25,27). The predicted molar refractivity (Wildman–Crippen MR) is 97.9 cm³/mol. The van der Waals surface area contributed by atoms with Crippen molar-refractivity contribution in [3.8, 4) is 5.75 Å². The predicted octanol–water partition coefficient (Wildman–Crippen LogP) is 3.76. The number of halogens is 3. The summed E-state index contributed by atoms with van der Waals surface area (Å²) in [6.07, 6.45) is -3.36. The lowest BCUT2D eigenvalue weighted by Gasteiger charge is -2.19. The first-order chi connectivity index (χ1) is 13.3. The molecule has 0 radical (unpaired) electrons. The van der Waals surface area contributed by atoms with E-state index in [9.17, 15) is 23.1 Å². The van der Waals surface area contributed by atoms with Gasteiger partial charge in [-0.2, -0.15) is 13.2 Å². The molecule has 1 amide bonds. The number of hydrogen-bond donors (Lipinski definition) is 2. The van der Waals surface area contributed by atoms with Crippen LogP contribution in [0.2, 0.25) is 0 Å². The van der Waals surface area contributed by atoms with Crippen LogP contribution >= 0.6 is 0 Å². The topological polar surface area (TPSA) is 58.6 Å². The molecule has 0 saturated heterocycles. The third kappa shape index (κ3) is 5.48. The Morgan fingerprint density at radius 2 is 1.75 bits per heavy atom. The van der Waals surface area contributed by atoms with Crippen molar-refractivity contribution in [1.29, 1.82) is 0 Å². The van der Waals surface area contributed by atoms with Crippen LogP contribution < -0.4 is 10.1 Å². The number of hydrogen-bond acceptors (Lipinski definition) is 3. The van der Waals surface area contributed by atoms with Crippen LogP contribution in [-0.4, -0.2) is 30.3 Å². The Labute approximate surface area is 161 Å². The summed E-state index contributed by atoms with van der Waals surface area (Å²) in [5.74, 6) is 0.174. The molecule has 0 heterocycles. The van der Waals surface area contributed by atoms with Gasteiger partial charge in [0.1, 0.15) is 18.5 Å². The van der Waals surface area contributed by atoms with Crippen LogP contribution in [0.3, 0.4) is 0 Å². The molecule has 1 aliphatic carbocycles. The van der Waals surface area contributed by atoms with E-state index in [1.165, 1.54) is 12.1 Å². The molecule has 1 saturated carbocycles. The van der Waals surface area contributed by atoms with Crippen LogP contribution in [0, 0.1) is 5.92 Å². The van der Waals surface area contributed by atoms with Gasteiger partial charge in [0.2, 0.25) is 5.91 Å². The molecule has 1 fully saturated rings. The summed E-state index contributed by atoms with van der Waals surface area (Å²) in [6.45, 7) is -0.124. The lowest BCUT2D eigenvalue weighted by molar-refractivity contribution is -0.137. The van der Waals surface area contributed by atoms with Gasteiger partial charge in [-0.15, -0.1) is 0 Å². The van der Waals surface area contributed by atoms with Crippen LogP contribution in [0.15, 0.2) is 54.6 Å². The number of aliphatic hydroxyl groups excluding tert-OH is 1. The zero-order valence-electron chi connectivity index (χ0n) is 15.2. The molecular formula is C21H22F3NO3. The highest BCUT2D eigenvalue weighted by Crippen LogP contribution is 2.42. The van der Waals surface area contributed by atoms with Crippen molar-refractivity contribution in [2.45, 2.75) is 31.0 Å². The van der Waals surface area contributed by atoms with Gasteiger partial charge in [0, 0.05) is 6.54 Å². The van der Waals surface area contributed by atoms with Crippen molar-refractivity contribution in [2.75, 3.05) is 13.2 Å². The SMILES string of the molecule is O=C(NCC(O)COc1ccc(C(F)(F)F)cc1)C(c1ccccc1)C1CC1. The van der Waals surface area contributed by atoms with E-state index in [4.69, 9.17) is 4.74 Å². The molecular weight excluding hydrogens is 371 g/mol. The van der Waals surface area contributed by atoms with Gasteiger partial charge in [0.25, 0.3) is 0 Å². The van der Waals surface area contributed by atoms with Gasteiger partial charge >= 0.3 is 6.18 Å². The fourth-order valence-electron chi connectivity index (χ4n) is 3.05. The number of amides is 1. The fourth-order valence-corrected chi connectivity index (χ4v) is 3.05. The minimum atomic E-state index is -4.40. The molecule has 0 aromatic heterocycles. The number of alkyl halides is 3. The molecule has 1 aliphatic rings. The van der Waals surface area contributed by atoms with Crippen LogP contribution in [0.5, 0.6) is 5.75 Å². The van der Waals surface area contributed by atoms with Gasteiger partial charge in [0.05, 0.1) is 11.5 Å². The summed E-state index contributed by atoms with van der Waals surface area (Å²) in [7, 11) is 0. The van der Waals surface area contributed by atoms with E-state index in [0.29, 0.717) is 5.92 Å². The Morgan fingerprint density at radius 3 is 2.32 bits per heavy atom. The van der Waals surface area contributed by atoms with E-state index >= 15 is 0 Å². The van der Waals surface area contributed by atoms with E-state index in [2.05, 4.69) is 5.32 Å². The van der Waals surface area contributed by atoms with E-state index < -0.39 is 17.8 Å². The second-order valence-electron chi connectivity index (χ2n) is 6.96. The first-order valence-corrected chi connectivity index (χ1v) is 9.15. The molecule has 0 bridgehead atoms. The minimum Gasteiger partial charge on any atom is -0.491 e. The van der Waals surface area contributed by atoms with Crippen molar-refractivity contribution in [3.05, 3.63) is 65.7 Å². The summed E-state index contributed by atoms with van der Waals surface area (Å²) < 4.78 is 42.9. The fraction of sp³-hybridized carbons (Fsp3) is 0.381. The normalized spacial score (nSPS) is 16.3. The molecule has 4 nitrogen and oxygen atoms in total. The molecule has 0 aliphatic heterocycles. The Morgan fingerprint density at radius 1 is 1.11 bits per heavy atom. The maximum atomic E-state index is 12.6. The number of aliphatic hydroxyl groups is 1. The average molecular weight is 393 g/mol. The minimum absolute atomic E-state index is 0.00945. The highest BCUT2D eigenvalue weighted by Gasteiger charge is 2.37. The smallest absolute Gasteiger partial charge is 0.416 e. The first kappa shape index (κ1) is 20.2.